The van der Waals surface area contributed by atoms with Crippen LogP contribution in [0.3, 0.4) is 0 Å². The van der Waals surface area contributed by atoms with Gasteiger partial charge in [0.2, 0.25) is 0 Å². The molecule has 0 radical (unpaired) electrons. The summed E-state index contributed by atoms with van der Waals surface area (Å²) in [6.07, 6.45) is 0.876. The van der Waals surface area contributed by atoms with E-state index in [1.165, 1.54) is 6.07 Å². The summed E-state index contributed by atoms with van der Waals surface area (Å²) >= 11 is 1.82. The predicted octanol–water partition coefficient (Wildman–Crippen LogP) is 2.90. The minimum atomic E-state index is -0.496. The highest BCUT2D eigenvalue weighted by molar-refractivity contribution is 7.99. The smallest absolute Gasteiger partial charge is 0.293 e. The third kappa shape index (κ3) is 5.26. The number of amides is 1. The van der Waals surface area contributed by atoms with Crippen LogP contribution in [0.2, 0.25) is 0 Å². The van der Waals surface area contributed by atoms with Crippen molar-refractivity contribution in [1.82, 2.24) is 5.32 Å². The third-order valence-electron chi connectivity index (χ3n) is 3.00. The fourth-order valence-electron chi connectivity index (χ4n) is 1.82. The van der Waals surface area contributed by atoms with E-state index in [-0.39, 0.29) is 17.6 Å². The molecule has 1 aromatic rings. The van der Waals surface area contributed by atoms with E-state index < -0.39 is 4.92 Å². The first-order chi connectivity index (χ1) is 9.99. The zero-order valence-corrected chi connectivity index (χ0v) is 13.3. The maximum atomic E-state index is 12.1. The summed E-state index contributed by atoms with van der Waals surface area (Å²) in [5.74, 6) is 1.75. The summed E-state index contributed by atoms with van der Waals surface area (Å²) in [5.41, 5.74) is 0.596. The van der Waals surface area contributed by atoms with Gasteiger partial charge in [0, 0.05) is 24.7 Å². The Labute approximate surface area is 128 Å². The molecular weight excluding hydrogens is 290 g/mol. The van der Waals surface area contributed by atoms with Gasteiger partial charge in [-0.3, -0.25) is 14.9 Å². The number of nitro benzene ring substituents is 1. The Bertz CT molecular complexity index is 508. The average Bonchev–Trinajstić information content (AvgIpc) is 2.46. The molecule has 116 valence electrons. The normalized spacial score (nSPS) is 11.8. The summed E-state index contributed by atoms with van der Waals surface area (Å²) in [6.45, 7) is 4.03. The lowest BCUT2D eigenvalue weighted by molar-refractivity contribution is -0.384. The molecule has 0 spiro atoms. The first-order valence-corrected chi connectivity index (χ1v) is 7.99. The molecule has 0 heterocycles. The van der Waals surface area contributed by atoms with Crippen molar-refractivity contribution in [2.45, 2.75) is 26.3 Å². The van der Waals surface area contributed by atoms with E-state index in [1.54, 1.807) is 19.2 Å². The molecule has 0 bridgehead atoms. The molecule has 1 aromatic carbocycles. The van der Waals surface area contributed by atoms with Crippen molar-refractivity contribution in [1.29, 1.82) is 0 Å². The minimum Gasteiger partial charge on any atom is -0.383 e. The van der Waals surface area contributed by atoms with Gasteiger partial charge in [-0.1, -0.05) is 6.92 Å². The second-order valence-corrected chi connectivity index (χ2v) is 5.99. The highest BCUT2D eigenvalue weighted by Gasteiger charge is 2.17. The van der Waals surface area contributed by atoms with Crippen molar-refractivity contribution in [3.8, 4) is 0 Å². The largest absolute Gasteiger partial charge is 0.383 e. The number of hydrogen-bond donors (Lipinski definition) is 2. The molecule has 0 saturated carbocycles. The summed E-state index contributed by atoms with van der Waals surface area (Å²) in [5, 5.41) is 16.6. The number of nitrogens with zero attached hydrogens (tertiary/aromatic N) is 1. The van der Waals surface area contributed by atoms with E-state index in [1.807, 2.05) is 18.7 Å². The van der Waals surface area contributed by atoms with Gasteiger partial charge in [-0.15, -0.1) is 0 Å². The monoisotopic (exact) mass is 311 g/mol. The zero-order valence-electron chi connectivity index (χ0n) is 12.5. The molecule has 0 fully saturated rings. The van der Waals surface area contributed by atoms with Crippen molar-refractivity contribution in [2.75, 3.05) is 23.9 Å². The molecule has 2 N–H and O–H groups in total. The summed E-state index contributed by atoms with van der Waals surface area (Å²) in [4.78, 5) is 22.6. The summed E-state index contributed by atoms with van der Waals surface area (Å²) in [7, 11) is 1.61. The lowest BCUT2D eigenvalue weighted by Gasteiger charge is -2.13. The maximum absolute atomic E-state index is 12.1. The number of benzene rings is 1. The molecule has 1 atom stereocenters. The van der Waals surface area contributed by atoms with Crippen LogP contribution in [0.25, 0.3) is 0 Å². The van der Waals surface area contributed by atoms with E-state index >= 15 is 0 Å². The van der Waals surface area contributed by atoms with Gasteiger partial charge >= 0.3 is 0 Å². The average molecular weight is 311 g/mol. The Morgan fingerprint density at radius 2 is 2.19 bits per heavy atom. The van der Waals surface area contributed by atoms with Crippen LogP contribution in [-0.2, 0) is 0 Å². The minimum absolute atomic E-state index is 0.0413. The number of carbonyl (C=O) groups is 1. The number of thioether (sulfide) groups is 1. The quantitative estimate of drug-likeness (QED) is 0.438. The lowest BCUT2D eigenvalue weighted by Crippen LogP contribution is -2.33. The van der Waals surface area contributed by atoms with Crippen LogP contribution in [0.1, 0.15) is 30.6 Å². The zero-order chi connectivity index (χ0) is 15.8. The molecule has 0 aromatic heterocycles. The van der Waals surface area contributed by atoms with E-state index in [4.69, 9.17) is 0 Å². The van der Waals surface area contributed by atoms with Gasteiger partial charge in [0.05, 0.1) is 4.92 Å². The molecule has 0 aliphatic carbocycles. The number of anilines is 1. The number of nitro groups is 1. The molecule has 7 heteroatoms. The fraction of sp³-hybridized carbons (Fsp3) is 0.500. The molecular formula is C14H21N3O3S. The van der Waals surface area contributed by atoms with Gasteiger partial charge < -0.3 is 10.6 Å². The molecule has 6 nitrogen and oxygen atoms in total. The van der Waals surface area contributed by atoms with E-state index in [0.29, 0.717) is 11.3 Å². The van der Waals surface area contributed by atoms with Gasteiger partial charge in [-0.25, -0.2) is 0 Å². The van der Waals surface area contributed by atoms with E-state index in [9.17, 15) is 14.9 Å². The Kier molecular flexibility index (Phi) is 7.01. The van der Waals surface area contributed by atoms with Crippen LogP contribution in [-0.4, -0.2) is 35.4 Å². The van der Waals surface area contributed by atoms with Crippen molar-refractivity contribution in [3.63, 3.8) is 0 Å². The molecule has 1 rings (SSSR count). The van der Waals surface area contributed by atoms with E-state index in [0.717, 1.165) is 17.9 Å². The second kappa shape index (κ2) is 8.51. The third-order valence-corrected chi connectivity index (χ3v) is 3.94. The fourth-order valence-corrected chi connectivity index (χ4v) is 2.63. The second-order valence-electron chi connectivity index (χ2n) is 4.60. The number of rotatable bonds is 8. The molecule has 21 heavy (non-hydrogen) atoms. The van der Waals surface area contributed by atoms with Crippen LogP contribution < -0.4 is 10.6 Å². The SMILES string of the molecule is CCSCCC(C)NC(=O)c1ccc(NC)c([N+](=O)[O-])c1. The van der Waals surface area contributed by atoms with Crippen molar-refractivity contribution < 1.29 is 9.72 Å². The van der Waals surface area contributed by atoms with Gasteiger partial charge in [0.15, 0.2) is 0 Å². The van der Waals surface area contributed by atoms with Gasteiger partial charge in [-0.2, -0.15) is 11.8 Å². The Hall–Kier alpha value is -1.76. The molecule has 1 amide bonds. The standard InChI is InChI=1S/C14H21N3O3S/c1-4-21-8-7-10(2)16-14(18)11-5-6-12(15-3)13(9-11)17(19)20/h5-6,9-10,15H,4,7-8H2,1-3H3,(H,16,18). The van der Waals surface area contributed by atoms with Crippen LogP contribution in [0.4, 0.5) is 11.4 Å². The molecule has 0 aliphatic rings. The Morgan fingerprint density at radius 1 is 1.48 bits per heavy atom. The van der Waals surface area contributed by atoms with Crippen LogP contribution in [0.15, 0.2) is 18.2 Å². The Morgan fingerprint density at radius 3 is 2.76 bits per heavy atom. The molecule has 1 unspecified atom stereocenters. The lowest BCUT2D eigenvalue weighted by atomic mass is 10.1. The van der Waals surface area contributed by atoms with Crippen molar-refractivity contribution in [2.24, 2.45) is 0 Å². The van der Waals surface area contributed by atoms with Crippen LogP contribution >= 0.6 is 11.8 Å². The number of carbonyl (C=O) groups excluding carboxylic acids is 1. The van der Waals surface area contributed by atoms with Gasteiger partial charge in [0.25, 0.3) is 11.6 Å². The molecule has 0 saturated heterocycles. The van der Waals surface area contributed by atoms with Crippen molar-refractivity contribution in [3.05, 3.63) is 33.9 Å². The van der Waals surface area contributed by atoms with E-state index in [2.05, 4.69) is 17.6 Å². The van der Waals surface area contributed by atoms with Crippen LogP contribution in [0.5, 0.6) is 0 Å². The molecule has 0 aliphatic heterocycles. The van der Waals surface area contributed by atoms with Crippen molar-refractivity contribution >= 4 is 29.0 Å². The van der Waals surface area contributed by atoms with Gasteiger partial charge in [-0.05, 0) is 37.0 Å². The van der Waals surface area contributed by atoms with Crippen LogP contribution in [0, 0.1) is 10.1 Å². The number of hydrogen-bond acceptors (Lipinski definition) is 5. The summed E-state index contributed by atoms with van der Waals surface area (Å²) < 4.78 is 0. The highest BCUT2D eigenvalue weighted by atomic mass is 32.2. The number of nitrogens with one attached hydrogen (secondary N) is 2. The van der Waals surface area contributed by atoms with Gasteiger partial charge in [0.1, 0.15) is 5.69 Å². The first kappa shape index (κ1) is 17.3. The predicted molar refractivity (Wildman–Crippen MR) is 87.2 cm³/mol. The topological polar surface area (TPSA) is 84.3 Å². The highest BCUT2D eigenvalue weighted by Crippen LogP contribution is 2.25. The maximum Gasteiger partial charge on any atom is 0.293 e. The Balaban J connectivity index is 2.74. The summed E-state index contributed by atoms with van der Waals surface area (Å²) in [6, 6.07) is 4.47. The first-order valence-electron chi connectivity index (χ1n) is 6.84.